The van der Waals surface area contributed by atoms with Gasteiger partial charge in [-0.1, -0.05) is 32.9 Å². The third-order valence-corrected chi connectivity index (χ3v) is 4.48. The largest absolute Gasteiger partial charge is 0.497 e. The van der Waals surface area contributed by atoms with Gasteiger partial charge in [-0.2, -0.15) is 0 Å². The summed E-state index contributed by atoms with van der Waals surface area (Å²) in [5.41, 5.74) is 2.20. The molecule has 0 heterocycles. The van der Waals surface area contributed by atoms with Gasteiger partial charge in [-0.25, -0.2) is 0 Å². The van der Waals surface area contributed by atoms with Gasteiger partial charge in [0.15, 0.2) is 0 Å². The van der Waals surface area contributed by atoms with Crippen LogP contribution in [0.1, 0.15) is 26.3 Å². The summed E-state index contributed by atoms with van der Waals surface area (Å²) in [6, 6.07) is 15.7. The van der Waals surface area contributed by atoms with Gasteiger partial charge in [0.25, 0.3) is 0 Å². The first kappa shape index (κ1) is 17.4. The Bertz CT molecular complexity index is 643. The maximum absolute atomic E-state index is 12.0. The third kappa shape index (κ3) is 5.32. The van der Waals surface area contributed by atoms with Crippen LogP contribution >= 0.6 is 11.8 Å². The van der Waals surface area contributed by atoms with E-state index in [0.29, 0.717) is 5.75 Å². The van der Waals surface area contributed by atoms with Crippen LogP contribution in [0.3, 0.4) is 0 Å². The molecule has 1 N–H and O–H groups in total. The van der Waals surface area contributed by atoms with Crippen molar-refractivity contribution >= 4 is 23.4 Å². The summed E-state index contributed by atoms with van der Waals surface area (Å²) in [4.78, 5) is 13.1. The van der Waals surface area contributed by atoms with Crippen LogP contribution in [0, 0.1) is 0 Å². The summed E-state index contributed by atoms with van der Waals surface area (Å²) in [5, 5.41) is 2.93. The normalized spacial score (nSPS) is 11.1. The van der Waals surface area contributed by atoms with Crippen molar-refractivity contribution in [3.8, 4) is 5.75 Å². The Morgan fingerprint density at radius 2 is 1.65 bits per heavy atom. The van der Waals surface area contributed by atoms with Gasteiger partial charge in [0, 0.05) is 10.6 Å². The van der Waals surface area contributed by atoms with Crippen molar-refractivity contribution < 1.29 is 9.53 Å². The molecule has 4 heteroatoms. The fourth-order valence-corrected chi connectivity index (χ4v) is 2.77. The van der Waals surface area contributed by atoms with Gasteiger partial charge in [0.05, 0.1) is 12.9 Å². The third-order valence-electron chi connectivity index (χ3n) is 3.46. The summed E-state index contributed by atoms with van der Waals surface area (Å²) in [5.74, 6) is 1.19. The van der Waals surface area contributed by atoms with E-state index in [0.717, 1.165) is 16.3 Å². The van der Waals surface area contributed by atoms with Crippen molar-refractivity contribution in [2.24, 2.45) is 0 Å². The highest BCUT2D eigenvalue weighted by Crippen LogP contribution is 2.24. The lowest BCUT2D eigenvalue weighted by Crippen LogP contribution is -2.15. The van der Waals surface area contributed by atoms with Crippen molar-refractivity contribution in [2.75, 3.05) is 18.2 Å². The molecule has 0 aliphatic heterocycles. The fraction of sp³-hybridized carbons (Fsp3) is 0.316. The Balaban J connectivity index is 1.86. The van der Waals surface area contributed by atoms with Crippen LogP contribution < -0.4 is 10.1 Å². The van der Waals surface area contributed by atoms with Crippen LogP contribution in [0.5, 0.6) is 5.75 Å². The second kappa shape index (κ2) is 7.55. The lowest BCUT2D eigenvalue weighted by atomic mass is 9.87. The molecule has 1 amide bonds. The Labute approximate surface area is 142 Å². The van der Waals surface area contributed by atoms with E-state index < -0.39 is 0 Å². The van der Waals surface area contributed by atoms with E-state index in [1.54, 1.807) is 7.11 Å². The van der Waals surface area contributed by atoms with Gasteiger partial charge in [-0.3, -0.25) is 4.79 Å². The minimum Gasteiger partial charge on any atom is -0.497 e. The number of ether oxygens (including phenoxy) is 1. The van der Waals surface area contributed by atoms with E-state index in [4.69, 9.17) is 4.74 Å². The number of anilines is 1. The number of rotatable bonds is 5. The number of nitrogens with one attached hydrogen (secondary N) is 1. The molecule has 2 aromatic rings. The highest BCUT2D eigenvalue weighted by atomic mass is 32.2. The molecule has 0 radical (unpaired) electrons. The Kier molecular flexibility index (Phi) is 5.72. The number of hydrogen-bond donors (Lipinski definition) is 1. The van der Waals surface area contributed by atoms with Crippen LogP contribution in [-0.2, 0) is 10.2 Å². The molecule has 122 valence electrons. The molecule has 0 fully saturated rings. The first-order valence-corrected chi connectivity index (χ1v) is 8.54. The molecule has 2 rings (SSSR count). The summed E-state index contributed by atoms with van der Waals surface area (Å²) >= 11 is 1.51. The minimum atomic E-state index is -0.00525. The van der Waals surface area contributed by atoms with Crippen LogP contribution in [-0.4, -0.2) is 18.8 Å². The molecule has 23 heavy (non-hydrogen) atoms. The minimum absolute atomic E-state index is 0.00525. The highest BCUT2D eigenvalue weighted by Gasteiger charge is 2.13. The smallest absolute Gasteiger partial charge is 0.234 e. The first-order chi connectivity index (χ1) is 10.9. The lowest BCUT2D eigenvalue weighted by Gasteiger charge is -2.19. The number of benzene rings is 2. The van der Waals surface area contributed by atoms with E-state index in [-0.39, 0.29) is 11.3 Å². The number of hydrogen-bond acceptors (Lipinski definition) is 3. The van der Waals surface area contributed by atoms with Crippen LogP contribution in [0.25, 0.3) is 0 Å². The monoisotopic (exact) mass is 329 g/mol. The van der Waals surface area contributed by atoms with Crippen molar-refractivity contribution in [1.82, 2.24) is 0 Å². The number of amides is 1. The molecule has 0 saturated carbocycles. The van der Waals surface area contributed by atoms with E-state index in [9.17, 15) is 4.79 Å². The topological polar surface area (TPSA) is 38.3 Å². The standard InChI is InChI=1S/C19H23NO2S/c1-19(2,3)14-5-7-15(8-6-14)20-18(21)13-23-17-11-9-16(22-4)10-12-17/h5-12H,13H2,1-4H3,(H,20,21). The maximum Gasteiger partial charge on any atom is 0.234 e. The van der Waals surface area contributed by atoms with Gasteiger partial charge in [-0.05, 0) is 47.4 Å². The van der Waals surface area contributed by atoms with Crippen molar-refractivity contribution in [2.45, 2.75) is 31.1 Å². The molecule has 3 nitrogen and oxygen atoms in total. The molecule has 0 aliphatic rings. The number of carbonyl (C=O) groups is 1. The lowest BCUT2D eigenvalue weighted by molar-refractivity contribution is -0.113. The maximum atomic E-state index is 12.0. The fourth-order valence-electron chi connectivity index (χ4n) is 2.07. The number of carbonyl (C=O) groups excluding carboxylic acids is 1. The molecule has 0 spiro atoms. The van der Waals surface area contributed by atoms with E-state index in [1.165, 1.54) is 17.3 Å². The molecule has 0 saturated heterocycles. The number of methoxy groups -OCH3 is 1. The van der Waals surface area contributed by atoms with E-state index in [1.807, 2.05) is 36.4 Å². The highest BCUT2D eigenvalue weighted by molar-refractivity contribution is 8.00. The van der Waals surface area contributed by atoms with Crippen molar-refractivity contribution in [3.63, 3.8) is 0 Å². The van der Waals surface area contributed by atoms with E-state index in [2.05, 4.69) is 38.2 Å². The molecular formula is C19H23NO2S. The molecule has 0 aromatic heterocycles. The summed E-state index contributed by atoms with van der Waals surface area (Å²) in [6.45, 7) is 6.52. The van der Waals surface area contributed by atoms with Crippen LogP contribution in [0.4, 0.5) is 5.69 Å². The Morgan fingerprint density at radius 3 is 2.17 bits per heavy atom. The summed E-state index contributed by atoms with van der Waals surface area (Å²) in [6.07, 6.45) is 0. The van der Waals surface area contributed by atoms with Gasteiger partial charge in [0.2, 0.25) is 5.91 Å². The van der Waals surface area contributed by atoms with Gasteiger partial charge in [-0.15, -0.1) is 11.8 Å². The Hall–Kier alpha value is -1.94. The summed E-state index contributed by atoms with van der Waals surface area (Å²) in [7, 11) is 1.64. The average Bonchev–Trinajstić information content (AvgIpc) is 2.53. The van der Waals surface area contributed by atoms with Crippen LogP contribution in [0.2, 0.25) is 0 Å². The SMILES string of the molecule is COc1ccc(SCC(=O)Nc2ccc(C(C)(C)C)cc2)cc1. The quantitative estimate of drug-likeness (QED) is 0.806. The molecule has 0 unspecified atom stereocenters. The molecular weight excluding hydrogens is 306 g/mol. The predicted octanol–water partition coefficient (Wildman–Crippen LogP) is 4.72. The number of thioether (sulfide) groups is 1. The van der Waals surface area contributed by atoms with Crippen molar-refractivity contribution in [3.05, 3.63) is 54.1 Å². The van der Waals surface area contributed by atoms with Gasteiger partial charge >= 0.3 is 0 Å². The second-order valence-corrected chi connectivity index (χ2v) is 7.39. The first-order valence-electron chi connectivity index (χ1n) is 7.56. The molecule has 0 atom stereocenters. The van der Waals surface area contributed by atoms with Crippen molar-refractivity contribution in [1.29, 1.82) is 0 Å². The van der Waals surface area contributed by atoms with E-state index >= 15 is 0 Å². The molecule has 0 bridgehead atoms. The Morgan fingerprint density at radius 1 is 1.04 bits per heavy atom. The zero-order chi connectivity index (χ0) is 16.9. The van der Waals surface area contributed by atoms with Gasteiger partial charge < -0.3 is 10.1 Å². The average molecular weight is 329 g/mol. The zero-order valence-electron chi connectivity index (χ0n) is 14.1. The predicted molar refractivity (Wildman–Crippen MR) is 97.5 cm³/mol. The molecule has 2 aromatic carbocycles. The van der Waals surface area contributed by atoms with Crippen LogP contribution in [0.15, 0.2) is 53.4 Å². The molecule has 0 aliphatic carbocycles. The zero-order valence-corrected chi connectivity index (χ0v) is 14.9. The van der Waals surface area contributed by atoms with Gasteiger partial charge in [0.1, 0.15) is 5.75 Å². The summed E-state index contributed by atoms with van der Waals surface area (Å²) < 4.78 is 5.12. The second-order valence-electron chi connectivity index (χ2n) is 6.34.